The lowest BCUT2D eigenvalue weighted by Gasteiger charge is -2.06. The number of H-pyrrole nitrogens is 1. The van der Waals surface area contributed by atoms with Gasteiger partial charge < -0.3 is 9.84 Å². The number of hydrogen-bond acceptors (Lipinski definition) is 3. The molecule has 0 saturated carbocycles. The Labute approximate surface area is 120 Å². The topological polar surface area (TPSA) is 75.2 Å². The summed E-state index contributed by atoms with van der Waals surface area (Å²) in [6.45, 7) is 0. The Morgan fingerprint density at radius 1 is 1.00 bits per heavy atom. The van der Waals surface area contributed by atoms with E-state index >= 15 is 0 Å². The van der Waals surface area contributed by atoms with E-state index in [1.807, 2.05) is 48.5 Å². The number of carboxylic acid groups (broad SMARTS) is 1. The maximum absolute atomic E-state index is 11.3. The maximum Gasteiger partial charge on any atom is 0.354 e. The third-order valence-corrected chi connectivity index (χ3v) is 2.97. The molecule has 0 spiro atoms. The highest BCUT2D eigenvalue weighted by Crippen LogP contribution is 2.34. The van der Waals surface area contributed by atoms with Gasteiger partial charge in [-0.15, -0.1) is 5.10 Å². The fourth-order valence-electron chi connectivity index (χ4n) is 2.03. The first-order valence-electron chi connectivity index (χ1n) is 6.35. The van der Waals surface area contributed by atoms with Crippen LogP contribution >= 0.6 is 0 Å². The monoisotopic (exact) mass is 280 g/mol. The number of rotatable bonds is 4. The minimum atomic E-state index is -1.08. The summed E-state index contributed by atoms with van der Waals surface area (Å²) >= 11 is 0. The molecular weight excluding hydrogens is 268 g/mol. The van der Waals surface area contributed by atoms with Crippen molar-refractivity contribution in [2.24, 2.45) is 0 Å². The van der Waals surface area contributed by atoms with E-state index in [2.05, 4.69) is 10.2 Å². The third-order valence-electron chi connectivity index (χ3n) is 2.97. The van der Waals surface area contributed by atoms with E-state index < -0.39 is 5.97 Å². The van der Waals surface area contributed by atoms with Crippen molar-refractivity contribution >= 4 is 5.97 Å². The van der Waals surface area contributed by atoms with Gasteiger partial charge in [0.05, 0.1) is 5.56 Å². The molecule has 0 radical (unpaired) electrons. The van der Waals surface area contributed by atoms with Crippen molar-refractivity contribution < 1.29 is 14.6 Å². The Balaban J connectivity index is 2.07. The van der Waals surface area contributed by atoms with E-state index in [4.69, 9.17) is 4.74 Å². The van der Waals surface area contributed by atoms with Crippen LogP contribution in [0, 0.1) is 0 Å². The van der Waals surface area contributed by atoms with E-state index in [0.717, 1.165) is 5.56 Å². The van der Waals surface area contributed by atoms with Crippen molar-refractivity contribution in [1.82, 2.24) is 10.2 Å². The lowest BCUT2D eigenvalue weighted by Crippen LogP contribution is -1.99. The Kier molecular flexibility index (Phi) is 3.39. The molecule has 104 valence electrons. The van der Waals surface area contributed by atoms with Crippen LogP contribution in [0.5, 0.6) is 11.6 Å². The summed E-state index contributed by atoms with van der Waals surface area (Å²) in [6.07, 6.45) is 0. The largest absolute Gasteiger partial charge is 0.477 e. The zero-order valence-corrected chi connectivity index (χ0v) is 11.0. The fourth-order valence-corrected chi connectivity index (χ4v) is 2.03. The molecule has 2 aromatic carbocycles. The molecule has 0 bridgehead atoms. The Morgan fingerprint density at radius 3 is 2.24 bits per heavy atom. The highest BCUT2D eigenvalue weighted by atomic mass is 16.5. The number of carboxylic acids is 1. The molecular formula is C16H12N2O3. The normalized spacial score (nSPS) is 10.3. The Morgan fingerprint density at radius 2 is 1.62 bits per heavy atom. The standard InChI is InChI=1S/C16H12N2O3/c19-16(20)14-13(11-7-3-1-4-8-11)15(18-17-14)21-12-9-5-2-6-10-12/h1-10H,(H,17,18)(H,19,20). The first kappa shape index (κ1) is 12.9. The highest BCUT2D eigenvalue weighted by Gasteiger charge is 2.21. The van der Waals surface area contributed by atoms with Crippen LogP contribution in [-0.2, 0) is 0 Å². The number of hydrogen-bond donors (Lipinski definition) is 2. The molecule has 3 rings (SSSR count). The second kappa shape index (κ2) is 5.50. The van der Waals surface area contributed by atoms with Gasteiger partial charge in [0.2, 0.25) is 5.88 Å². The molecule has 0 aliphatic heterocycles. The van der Waals surface area contributed by atoms with Gasteiger partial charge in [0, 0.05) is 0 Å². The molecule has 0 aliphatic rings. The predicted octanol–water partition coefficient (Wildman–Crippen LogP) is 3.57. The highest BCUT2D eigenvalue weighted by molar-refractivity contribution is 5.95. The zero-order chi connectivity index (χ0) is 14.7. The first-order valence-corrected chi connectivity index (χ1v) is 6.35. The van der Waals surface area contributed by atoms with E-state index in [0.29, 0.717) is 11.3 Å². The number of aromatic amines is 1. The number of carbonyl (C=O) groups is 1. The molecule has 1 aromatic heterocycles. The van der Waals surface area contributed by atoms with Crippen LogP contribution in [-0.4, -0.2) is 21.3 Å². The molecule has 5 heteroatoms. The van der Waals surface area contributed by atoms with Crippen LogP contribution in [0.2, 0.25) is 0 Å². The molecule has 2 N–H and O–H groups in total. The molecule has 0 saturated heterocycles. The van der Waals surface area contributed by atoms with Gasteiger partial charge in [0.1, 0.15) is 5.75 Å². The van der Waals surface area contributed by atoms with Crippen molar-refractivity contribution in [2.75, 3.05) is 0 Å². The van der Waals surface area contributed by atoms with E-state index in [1.165, 1.54) is 0 Å². The van der Waals surface area contributed by atoms with Gasteiger partial charge in [-0.05, 0) is 17.7 Å². The second-order valence-electron chi connectivity index (χ2n) is 4.37. The second-order valence-corrected chi connectivity index (χ2v) is 4.37. The quantitative estimate of drug-likeness (QED) is 0.766. The van der Waals surface area contributed by atoms with Gasteiger partial charge in [0.15, 0.2) is 5.69 Å². The van der Waals surface area contributed by atoms with Crippen LogP contribution in [0.4, 0.5) is 0 Å². The van der Waals surface area contributed by atoms with Gasteiger partial charge >= 0.3 is 5.97 Å². The zero-order valence-electron chi connectivity index (χ0n) is 11.0. The van der Waals surface area contributed by atoms with Gasteiger partial charge in [-0.3, -0.25) is 5.10 Å². The molecule has 3 aromatic rings. The molecule has 5 nitrogen and oxygen atoms in total. The average Bonchev–Trinajstić information content (AvgIpc) is 2.93. The minimum Gasteiger partial charge on any atom is -0.477 e. The molecule has 0 atom stereocenters. The van der Waals surface area contributed by atoms with Crippen LogP contribution in [0.3, 0.4) is 0 Å². The number of nitrogens with zero attached hydrogens (tertiary/aromatic N) is 1. The van der Waals surface area contributed by atoms with Gasteiger partial charge in [-0.2, -0.15) is 0 Å². The number of aromatic carboxylic acids is 1. The summed E-state index contributed by atoms with van der Waals surface area (Å²) in [7, 11) is 0. The summed E-state index contributed by atoms with van der Waals surface area (Å²) in [4.78, 5) is 11.3. The average molecular weight is 280 g/mol. The number of ether oxygens (including phenoxy) is 1. The minimum absolute atomic E-state index is 0.00660. The first-order chi connectivity index (χ1) is 10.3. The van der Waals surface area contributed by atoms with Crippen molar-refractivity contribution in [1.29, 1.82) is 0 Å². The van der Waals surface area contributed by atoms with E-state index in [9.17, 15) is 9.90 Å². The van der Waals surface area contributed by atoms with Gasteiger partial charge in [0.25, 0.3) is 0 Å². The Bertz CT molecular complexity index is 752. The number of nitrogens with one attached hydrogen (secondary N) is 1. The van der Waals surface area contributed by atoms with Crippen LogP contribution in [0.15, 0.2) is 60.7 Å². The molecule has 0 unspecified atom stereocenters. The summed E-state index contributed by atoms with van der Waals surface area (Å²) in [5, 5.41) is 15.8. The summed E-state index contributed by atoms with van der Waals surface area (Å²) in [6, 6.07) is 18.3. The number of para-hydroxylation sites is 1. The smallest absolute Gasteiger partial charge is 0.354 e. The molecule has 0 aliphatic carbocycles. The number of aromatic nitrogens is 2. The van der Waals surface area contributed by atoms with Gasteiger partial charge in [-0.1, -0.05) is 48.5 Å². The predicted molar refractivity (Wildman–Crippen MR) is 77.5 cm³/mol. The fraction of sp³-hybridized carbons (Fsp3) is 0. The van der Waals surface area contributed by atoms with E-state index in [-0.39, 0.29) is 11.6 Å². The molecule has 0 amide bonds. The summed E-state index contributed by atoms with van der Waals surface area (Å²) in [5.74, 6) is -0.243. The molecule has 0 fully saturated rings. The van der Waals surface area contributed by atoms with Crippen molar-refractivity contribution in [2.45, 2.75) is 0 Å². The lowest BCUT2D eigenvalue weighted by atomic mass is 10.1. The number of benzene rings is 2. The Hall–Kier alpha value is -3.08. The van der Waals surface area contributed by atoms with Gasteiger partial charge in [-0.25, -0.2) is 4.79 Å². The van der Waals surface area contributed by atoms with Crippen molar-refractivity contribution in [3.63, 3.8) is 0 Å². The lowest BCUT2D eigenvalue weighted by molar-refractivity contribution is 0.0691. The van der Waals surface area contributed by atoms with Crippen LogP contribution in [0.25, 0.3) is 11.1 Å². The maximum atomic E-state index is 11.3. The van der Waals surface area contributed by atoms with E-state index in [1.54, 1.807) is 12.1 Å². The van der Waals surface area contributed by atoms with Crippen LogP contribution in [0.1, 0.15) is 10.5 Å². The van der Waals surface area contributed by atoms with Crippen molar-refractivity contribution in [3.8, 4) is 22.8 Å². The molecule has 21 heavy (non-hydrogen) atoms. The third kappa shape index (κ3) is 2.62. The SMILES string of the molecule is O=C(O)c1[nH]nc(Oc2ccccc2)c1-c1ccccc1. The van der Waals surface area contributed by atoms with Crippen molar-refractivity contribution in [3.05, 3.63) is 66.4 Å². The molecule has 1 heterocycles. The summed E-state index contributed by atoms with van der Waals surface area (Å²) in [5.41, 5.74) is 1.17. The van der Waals surface area contributed by atoms with Crippen LogP contribution < -0.4 is 4.74 Å². The summed E-state index contributed by atoms with van der Waals surface area (Å²) < 4.78 is 5.69.